The van der Waals surface area contributed by atoms with Crippen LogP contribution in [0.1, 0.15) is 18.4 Å². The summed E-state index contributed by atoms with van der Waals surface area (Å²) in [6, 6.07) is 21.4. The molecule has 1 aliphatic rings. The number of hydrogen-bond acceptors (Lipinski definition) is 2. The standard InChI is InChI=1S/C18H18N2/c19-13-18(10-11-18)14-20-12-15-6-8-17(9-7-15)16-4-2-1-3-5-16/h1-9,20H,10-12,14H2. The lowest BCUT2D eigenvalue weighted by atomic mass is 10.0. The molecule has 1 aliphatic carbocycles. The Bertz CT molecular complexity index is 604. The molecule has 0 amide bonds. The first-order valence-corrected chi connectivity index (χ1v) is 7.08. The second-order valence-corrected chi connectivity index (χ2v) is 5.56. The maximum absolute atomic E-state index is 9.03. The highest BCUT2D eigenvalue weighted by molar-refractivity contribution is 5.63. The number of hydrogen-bond donors (Lipinski definition) is 1. The SMILES string of the molecule is N#CC1(CNCc2ccc(-c3ccccc3)cc2)CC1. The van der Waals surface area contributed by atoms with Crippen molar-refractivity contribution >= 4 is 0 Å². The first kappa shape index (κ1) is 12.9. The minimum absolute atomic E-state index is 0.0655. The summed E-state index contributed by atoms with van der Waals surface area (Å²) in [4.78, 5) is 0. The lowest BCUT2D eigenvalue weighted by Gasteiger charge is -2.09. The second-order valence-electron chi connectivity index (χ2n) is 5.56. The van der Waals surface area contributed by atoms with Gasteiger partial charge in [0.25, 0.3) is 0 Å². The molecule has 1 N–H and O–H groups in total. The van der Waals surface area contributed by atoms with Gasteiger partial charge in [0.05, 0.1) is 11.5 Å². The van der Waals surface area contributed by atoms with Crippen molar-refractivity contribution in [2.45, 2.75) is 19.4 Å². The van der Waals surface area contributed by atoms with E-state index in [4.69, 9.17) is 5.26 Å². The van der Waals surface area contributed by atoms with E-state index in [2.05, 4.69) is 59.9 Å². The van der Waals surface area contributed by atoms with Crippen LogP contribution in [0.3, 0.4) is 0 Å². The van der Waals surface area contributed by atoms with Crippen LogP contribution in [-0.4, -0.2) is 6.54 Å². The Labute approximate surface area is 120 Å². The van der Waals surface area contributed by atoms with Crippen LogP contribution in [0, 0.1) is 16.7 Å². The van der Waals surface area contributed by atoms with Crippen molar-refractivity contribution in [3.05, 3.63) is 60.2 Å². The van der Waals surface area contributed by atoms with Gasteiger partial charge in [-0.1, -0.05) is 54.6 Å². The van der Waals surface area contributed by atoms with Crippen LogP contribution in [0.5, 0.6) is 0 Å². The molecule has 0 heterocycles. The summed E-state index contributed by atoms with van der Waals surface area (Å²) in [5.74, 6) is 0. The highest BCUT2D eigenvalue weighted by Crippen LogP contribution is 2.44. The minimum Gasteiger partial charge on any atom is -0.311 e. The molecule has 0 unspecified atom stereocenters. The predicted molar refractivity (Wildman–Crippen MR) is 80.9 cm³/mol. The maximum atomic E-state index is 9.03. The van der Waals surface area contributed by atoms with Crippen molar-refractivity contribution in [2.24, 2.45) is 5.41 Å². The van der Waals surface area contributed by atoms with Crippen LogP contribution in [-0.2, 0) is 6.54 Å². The summed E-state index contributed by atoms with van der Waals surface area (Å²) in [5, 5.41) is 12.4. The van der Waals surface area contributed by atoms with E-state index < -0.39 is 0 Å². The molecule has 2 heteroatoms. The van der Waals surface area contributed by atoms with E-state index in [1.165, 1.54) is 16.7 Å². The predicted octanol–water partition coefficient (Wildman–Crippen LogP) is 3.75. The van der Waals surface area contributed by atoms with Crippen LogP contribution in [0.25, 0.3) is 11.1 Å². The van der Waals surface area contributed by atoms with E-state index in [9.17, 15) is 0 Å². The van der Waals surface area contributed by atoms with Gasteiger partial charge in [-0.2, -0.15) is 5.26 Å². The quantitative estimate of drug-likeness (QED) is 0.890. The zero-order valence-corrected chi connectivity index (χ0v) is 11.5. The Balaban J connectivity index is 1.58. The minimum atomic E-state index is -0.0655. The molecule has 2 aromatic carbocycles. The third-order valence-corrected chi connectivity index (χ3v) is 3.94. The molecule has 0 radical (unpaired) electrons. The summed E-state index contributed by atoms with van der Waals surface area (Å²) in [6.07, 6.45) is 2.09. The molecule has 0 atom stereocenters. The van der Waals surface area contributed by atoms with E-state index in [1.807, 2.05) is 6.07 Å². The molecule has 0 saturated heterocycles. The number of nitrogens with one attached hydrogen (secondary N) is 1. The lowest BCUT2D eigenvalue weighted by molar-refractivity contribution is 0.558. The van der Waals surface area contributed by atoms with Crippen molar-refractivity contribution in [3.8, 4) is 17.2 Å². The van der Waals surface area contributed by atoms with Crippen LogP contribution in [0.15, 0.2) is 54.6 Å². The number of benzene rings is 2. The Morgan fingerprint density at radius 1 is 0.950 bits per heavy atom. The van der Waals surface area contributed by atoms with Gasteiger partial charge in [-0.3, -0.25) is 0 Å². The molecule has 0 aliphatic heterocycles. The zero-order valence-electron chi connectivity index (χ0n) is 11.5. The van der Waals surface area contributed by atoms with E-state index >= 15 is 0 Å². The van der Waals surface area contributed by atoms with E-state index in [0.717, 1.165) is 25.9 Å². The van der Waals surface area contributed by atoms with E-state index in [1.54, 1.807) is 0 Å². The first-order chi connectivity index (χ1) is 9.81. The molecule has 1 saturated carbocycles. The summed E-state index contributed by atoms with van der Waals surface area (Å²) in [6.45, 7) is 1.64. The summed E-state index contributed by atoms with van der Waals surface area (Å²) in [5.41, 5.74) is 3.68. The summed E-state index contributed by atoms with van der Waals surface area (Å²) < 4.78 is 0. The highest BCUT2D eigenvalue weighted by Gasteiger charge is 2.42. The largest absolute Gasteiger partial charge is 0.311 e. The average molecular weight is 262 g/mol. The molecule has 2 nitrogen and oxygen atoms in total. The Morgan fingerprint density at radius 3 is 2.20 bits per heavy atom. The van der Waals surface area contributed by atoms with Crippen LogP contribution in [0.4, 0.5) is 0 Å². The molecule has 0 bridgehead atoms. The topological polar surface area (TPSA) is 35.8 Å². The summed E-state index contributed by atoms with van der Waals surface area (Å²) in [7, 11) is 0. The van der Waals surface area contributed by atoms with Crippen molar-refractivity contribution < 1.29 is 0 Å². The molecule has 100 valence electrons. The van der Waals surface area contributed by atoms with Gasteiger partial charge in [0.2, 0.25) is 0 Å². The molecular weight excluding hydrogens is 244 g/mol. The van der Waals surface area contributed by atoms with Gasteiger partial charge in [-0.15, -0.1) is 0 Å². The lowest BCUT2D eigenvalue weighted by Crippen LogP contribution is -2.22. The van der Waals surface area contributed by atoms with Crippen molar-refractivity contribution in [1.82, 2.24) is 5.32 Å². The van der Waals surface area contributed by atoms with Crippen LogP contribution >= 0.6 is 0 Å². The Morgan fingerprint density at radius 2 is 1.60 bits per heavy atom. The monoisotopic (exact) mass is 262 g/mol. The van der Waals surface area contributed by atoms with Crippen molar-refractivity contribution in [2.75, 3.05) is 6.54 Å². The van der Waals surface area contributed by atoms with Gasteiger partial charge in [-0.05, 0) is 29.5 Å². The third-order valence-electron chi connectivity index (χ3n) is 3.94. The second kappa shape index (κ2) is 5.48. The smallest absolute Gasteiger partial charge is 0.0703 e. The zero-order chi connectivity index (χ0) is 13.8. The normalized spacial score (nSPS) is 15.6. The highest BCUT2D eigenvalue weighted by atomic mass is 14.9. The Hall–Kier alpha value is -2.11. The maximum Gasteiger partial charge on any atom is 0.0703 e. The number of rotatable bonds is 5. The van der Waals surface area contributed by atoms with E-state index in [0.29, 0.717) is 0 Å². The third kappa shape index (κ3) is 2.89. The molecule has 0 aromatic heterocycles. The van der Waals surface area contributed by atoms with Gasteiger partial charge >= 0.3 is 0 Å². The molecular formula is C18H18N2. The molecule has 3 rings (SSSR count). The fourth-order valence-electron chi connectivity index (χ4n) is 2.37. The van der Waals surface area contributed by atoms with Gasteiger partial charge in [-0.25, -0.2) is 0 Å². The van der Waals surface area contributed by atoms with Crippen molar-refractivity contribution in [3.63, 3.8) is 0 Å². The van der Waals surface area contributed by atoms with E-state index in [-0.39, 0.29) is 5.41 Å². The number of nitrogens with zero attached hydrogens (tertiary/aromatic N) is 1. The molecule has 20 heavy (non-hydrogen) atoms. The molecule has 1 fully saturated rings. The van der Waals surface area contributed by atoms with Gasteiger partial charge < -0.3 is 5.32 Å². The van der Waals surface area contributed by atoms with Gasteiger partial charge in [0.1, 0.15) is 0 Å². The van der Waals surface area contributed by atoms with Gasteiger partial charge in [0.15, 0.2) is 0 Å². The van der Waals surface area contributed by atoms with Gasteiger partial charge in [0, 0.05) is 13.1 Å². The molecule has 2 aromatic rings. The van der Waals surface area contributed by atoms with Crippen LogP contribution < -0.4 is 5.32 Å². The summed E-state index contributed by atoms with van der Waals surface area (Å²) >= 11 is 0. The van der Waals surface area contributed by atoms with Crippen LogP contribution in [0.2, 0.25) is 0 Å². The fourth-order valence-corrected chi connectivity index (χ4v) is 2.37. The van der Waals surface area contributed by atoms with Crippen molar-refractivity contribution in [1.29, 1.82) is 5.26 Å². The molecule has 0 spiro atoms. The average Bonchev–Trinajstić information content (AvgIpc) is 3.29. The number of nitriles is 1. The fraction of sp³-hybridized carbons (Fsp3) is 0.278. The Kier molecular flexibility index (Phi) is 3.54. The first-order valence-electron chi connectivity index (χ1n) is 7.08.